The van der Waals surface area contributed by atoms with Gasteiger partial charge in [-0.1, -0.05) is 0 Å². The number of aliphatic hydroxyl groups excluding tert-OH is 2. The largest absolute Gasteiger partial charge is 0.387 e. The van der Waals surface area contributed by atoms with Gasteiger partial charge in [0.05, 0.1) is 6.10 Å². The normalized spacial score (nSPS) is 52.9. The van der Waals surface area contributed by atoms with Gasteiger partial charge in [0.15, 0.2) is 23.7 Å². The fourth-order valence-electron chi connectivity index (χ4n) is 5.42. The molecule has 178 valence electrons. The third-order valence-corrected chi connectivity index (χ3v) is 6.54. The Hall–Kier alpha value is -0.400. The van der Waals surface area contributed by atoms with Crippen molar-refractivity contribution in [3.63, 3.8) is 0 Å². The highest BCUT2D eigenvalue weighted by molar-refractivity contribution is 5.06. The van der Waals surface area contributed by atoms with Crippen LogP contribution in [0.4, 0.5) is 0 Å². The van der Waals surface area contributed by atoms with E-state index in [1.807, 2.05) is 6.92 Å². The quantitative estimate of drug-likeness (QED) is 0.618. The number of rotatable bonds is 2. The smallest absolute Gasteiger partial charge is 0.190 e. The summed E-state index contributed by atoms with van der Waals surface area (Å²) >= 11 is 0. The van der Waals surface area contributed by atoms with Crippen molar-refractivity contribution in [1.82, 2.24) is 0 Å². The molecule has 0 unspecified atom stereocenters. The molecule has 5 heterocycles. The van der Waals surface area contributed by atoms with Crippen molar-refractivity contribution < 1.29 is 48.1 Å². The van der Waals surface area contributed by atoms with E-state index >= 15 is 0 Å². The third kappa shape index (κ3) is 3.74. The molecule has 5 fully saturated rings. The lowest BCUT2D eigenvalue weighted by atomic mass is 9.87. The molecule has 10 nitrogen and oxygen atoms in total. The summed E-state index contributed by atoms with van der Waals surface area (Å²) < 4.78 is 48.1. The zero-order chi connectivity index (χ0) is 22.5. The van der Waals surface area contributed by atoms with Crippen molar-refractivity contribution in [3.05, 3.63) is 0 Å². The molecular weight excluding hydrogens is 412 g/mol. The van der Waals surface area contributed by atoms with Gasteiger partial charge in [-0.2, -0.15) is 0 Å². The monoisotopic (exact) mass is 446 g/mol. The highest BCUT2D eigenvalue weighted by Gasteiger charge is 2.64. The molecule has 31 heavy (non-hydrogen) atoms. The van der Waals surface area contributed by atoms with Crippen LogP contribution in [0.25, 0.3) is 0 Å². The fourth-order valence-corrected chi connectivity index (χ4v) is 5.42. The van der Waals surface area contributed by atoms with E-state index in [-0.39, 0.29) is 0 Å². The van der Waals surface area contributed by atoms with Gasteiger partial charge in [0.25, 0.3) is 0 Å². The molecule has 0 aromatic carbocycles. The van der Waals surface area contributed by atoms with E-state index in [4.69, 9.17) is 37.9 Å². The lowest BCUT2D eigenvalue weighted by molar-refractivity contribution is -0.283. The molecule has 5 aliphatic rings. The molecule has 2 N–H and O–H groups in total. The van der Waals surface area contributed by atoms with Gasteiger partial charge in [0.2, 0.25) is 0 Å². The maximum Gasteiger partial charge on any atom is 0.190 e. The third-order valence-electron chi connectivity index (χ3n) is 6.54. The first-order chi connectivity index (χ1) is 14.3. The number of aliphatic hydroxyl groups is 2. The van der Waals surface area contributed by atoms with E-state index in [9.17, 15) is 10.2 Å². The van der Waals surface area contributed by atoms with E-state index in [2.05, 4.69) is 0 Å². The molecule has 0 bridgehead atoms. The predicted molar refractivity (Wildman–Crippen MR) is 103 cm³/mol. The van der Waals surface area contributed by atoms with Gasteiger partial charge in [-0.25, -0.2) is 0 Å². The van der Waals surface area contributed by atoms with Gasteiger partial charge < -0.3 is 48.1 Å². The Labute approximate surface area is 182 Å². The first-order valence-corrected chi connectivity index (χ1v) is 11.0. The minimum Gasteiger partial charge on any atom is -0.387 e. The summed E-state index contributed by atoms with van der Waals surface area (Å²) in [6.45, 7) is 12.6. The van der Waals surface area contributed by atoms with Crippen LogP contribution in [0.5, 0.6) is 0 Å². The molecule has 0 radical (unpaired) electrons. The highest BCUT2D eigenvalue weighted by Crippen LogP contribution is 2.46. The summed E-state index contributed by atoms with van der Waals surface area (Å²) in [5, 5.41) is 22.4. The van der Waals surface area contributed by atoms with Crippen LogP contribution in [-0.2, 0) is 37.9 Å². The first kappa shape index (κ1) is 22.4. The SMILES string of the molecule is C[C@@H]1O[C@@H]([C@H](O)[C@H]2O[C@@H]3OC(C)(C)O[C@@H]3[C@H]3OC(C)(C)O[C@H]32)[C@@H](O)[C@@H]2OC(C)(C)O[C@@H]21. The molecule has 0 saturated carbocycles. The van der Waals surface area contributed by atoms with Crippen molar-refractivity contribution >= 4 is 0 Å². The maximum absolute atomic E-state index is 11.4. The average molecular weight is 446 g/mol. The second-order valence-corrected chi connectivity index (χ2v) is 10.5. The Morgan fingerprint density at radius 1 is 0.613 bits per heavy atom. The zero-order valence-electron chi connectivity index (χ0n) is 19.0. The van der Waals surface area contributed by atoms with Crippen molar-refractivity contribution in [1.29, 1.82) is 0 Å². The van der Waals surface area contributed by atoms with Crippen LogP contribution in [0.3, 0.4) is 0 Å². The summed E-state index contributed by atoms with van der Waals surface area (Å²) in [7, 11) is 0. The Kier molecular flexibility index (Phi) is 5.09. The van der Waals surface area contributed by atoms with Gasteiger partial charge in [-0.3, -0.25) is 0 Å². The Morgan fingerprint density at radius 3 is 1.81 bits per heavy atom. The number of ether oxygens (including phenoxy) is 8. The summed E-state index contributed by atoms with van der Waals surface area (Å²) in [4.78, 5) is 0. The Balaban J connectivity index is 1.40. The van der Waals surface area contributed by atoms with Crippen LogP contribution >= 0.6 is 0 Å². The van der Waals surface area contributed by atoms with Crippen molar-refractivity contribution in [2.24, 2.45) is 0 Å². The van der Waals surface area contributed by atoms with E-state index < -0.39 is 84.7 Å². The van der Waals surface area contributed by atoms with E-state index in [1.165, 1.54) is 0 Å². The van der Waals surface area contributed by atoms with Crippen molar-refractivity contribution in [2.75, 3.05) is 0 Å². The second-order valence-electron chi connectivity index (χ2n) is 10.5. The Bertz CT molecular complexity index is 710. The summed E-state index contributed by atoms with van der Waals surface area (Å²) in [5.74, 6) is -2.60. The van der Waals surface area contributed by atoms with E-state index in [0.717, 1.165) is 0 Å². The standard InChI is InChI=1S/C21H34O10/c1-8-11-14(27-19(2,3)26-11)10(23)12(24-8)9(22)13-15-16(29-20(4,5)28-15)17-18(25-13)31-21(6,7)30-17/h8-18,22-23H,1-7H3/t8-,9-,10+,11+,12-,13+,14-,15-,16-,17+,18+/m0/s1. The molecule has 5 saturated heterocycles. The number of hydrogen-bond acceptors (Lipinski definition) is 10. The lowest BCUT2D eigenvalue weighted by Gasteiger charge is -2.45. The lowest BCUT2D eigenvalue weighted by Crippen LogP contribution is -2.65. The van der Waals surface area contributed by atoms with Crippen LogP contribution < -0.4 is 0 Å². The van der Waals surface area contributed by atoms with Crippen LogP contribution in [0.1, 0.15) is 48.5 Å². The molecule has 10 heteroatoms. The van der Waals surface area contributed by atoms with Crippen LogP contribution in [0.15, 0.2) is 0 Å². The highest BCUT2D eigenvalue weighted by atomic mass is 16.9. The minimum absolute atomic E-state index is 0.399. The maximum atomic E-state index is 11.4. The van der Waals surface area contributed by atoms with E-state index in [0.29, 0.717) is 0 Å². The molecule has 0 spiro atoms. The van der Waals surface area contributed by atoms with Crippen molar-refractivity contribution in [2.45, 2.75) is 133 Å². The Morgan fingerprint density at radius 2 is 1.13 bits per heavy atom. The molecule has 11 atom stereocenters. The average Bonchev–Trinajstić information content (AvgIpc) is 3.25. The number of fused-ring (bicyclic) bond motifs is 4. The second kappa shape index (κ2) is 7.05. The van der Waals surface area contributed by atoms with Gasteiger partial charge in [-0.05, 0) is 48.5 Å². The molecule has 0 aromatic rings. The van der Waals surface area contributed by atoms with Crippen molar-refractivity contribution in [3.8, 4) is 0 Å². The fraction of sp³-hybridized carbons (Fsp3) is 1.00. The molecule has 5 rings (SSSR count). The van der Waals surface area contributed by atoms with Crippen LogP contribution in [0.2, 0.25) is 0 Å². The summed E-state index contributed by atoms with van der Waals surface area (Å²) in [6, 6.07) is 0. The van der Waals surface area contributed by atoms with Crippen LogP contribution in [0, 0.1) is 0 Å². The van der Waals surface area contributed by atoms with Gasteiger partial charge in [0.1, 0.15) is 54.9 Å². The summed E-state index contributed by atoms with van der Waals surface area (Å²) in [6.07, 6.45) is -8.05. The first-order valence-electron chi connectivity index (χ1n) is 11.0. The summed E-state index contributed by atoms with van der Waals surface area (Å²) in [5.41, 5.74) is 0. The molecule has 0 aromatic heterocycles. The van der Waals surface area contributed by atoms with Crippen LogP contribution in [-0.4, -0.2) is 94.9 Å². The zero-order valence-corrected chi connectivity index (χ0v) is 19.0. The minimum atomic E-state index is -1.23. The molecule has 0 amide bonds. The molecular formula is C21H34O10. The number of hydrogen-bond donors (Lipinski definition) is 2. The predicted octanol–water partition coefficient (Wildman–Crippen LogP) is 0.412. The van der Waals surface area contributed by atoms with Gasteiger partial charge in [-0.15, -0.1) is 0 Å². The van der Waals surface area contributed by atoms with Gasteiger partial charge in [0, 0.05) is 0 Å². The molecule has 5 aliphatic heterocycles. The van der Waals surface area contributed by atoms with Gasteiger partial charge >= 0.3 is 0 Å². The molecule has 0 aliphatic carbocycles. The topological polar surface area (TPSA) is 114 Å². The van der Waals surface area contributed by atoms with E-state index in [1.54, 1.807) is 41.5 Å².